The molecule has 0 bridgehead atoms. The molecule has 19 aromatic carbocycles. The van der Waals surface area contributed by atoms with Crippen molar-refractivity contribution in [3.8, 4) is 89.0 Å². The molecular weight excluding hydrogens is 1490 g/mol. The Morgan fingerprint density at radius 3 is 0.815 bits per heavy atom. The van der Waals surface area contributed by atoms with Gasteiger partial charge in [-0.1, -0.05) is 516 Å². The fourth-order valence-electron chi connectivity index (χ4n) is 14.8. The standard InChI is InChI=1S/2C17H14.C16H18.2C14H14.3C13H12.C7H8/c1-13-9-11-15(12-10-13)17-8-4-6-14-5-2-3-7-16(14)17;1-13-6-8-15(9-7-13)17-11-10-14-4-2-3-5-16(14)12-17;1-11-5-7-15(8-6-11)16-13(3)9-12(2)10-14(16)4;1-11-3-7-13(8-4-11)14-9-5-12(2)6-10-14;1-11-8-12(2)10-14(9-11)13-6-4-3-5-7-13;1-11-7-5-6-10-13(11)12-8-3-2-4-9-12;1-11-6-5-9-13(10-11)12-7-3-2-4-8-12;1-11-7-9-13(10-8-11)12-5-3-2-4-6-12;1-7-5-3-2-4-6-7/h2*2-12H,1H3;5-10H,1-4H3;2*3-10H,1-2H3;3*2-10H,1H3;2-6H,1H3. The van der Waals surface area contributed by atoms with Gasteiger partial charge in [-0.05, 0) is 230 Å². The Hall–Kier alpha value is -14.3. The van der Waals surface area contributed by atoms with E-state index < -0.39 is 0 Å². The lowest BCUT2D eigenvalue weighted by molar-refractivity contribution is 1.32. The molecule has 0 aliphatic heterocycles. The van der Waals surface area contributed by atoms with Crippen molar-refractivity contribution >= 4 is 21.5 Å². The Bertz CT molecular complexity index is 6290. The van der Waals surface area contributed by atoms with Gasteiger partial charge in [0.2, 0.25) is 0 Å². The Kier molecular flexibility index (Phi) is 34.3. The van der Waals surface area contributed by atoms with Crippen molar-refractivity contribution in [2.45, 2.75) is 96.9 Å². The SMILES string of the molecule is Cc1cc(C)cc(-c2ccccc2)c1.Cc1ccc(-c2c(C)cc(C)cc2C)cc1.Cc1ccc(-c2ccc(C)cc2)cc1.Cc1ccc(-c2ccc3ccccc3c2)cc1.Cc1ccc(-c2cccc3ccccc23)cc1.Cc1ccc(-c2ccccc2)cc1.Cc1cccc(-c2ccccc2)c1.Cc1ccccc1.Cc1ccccc1-c1ccccc1. The van der Waals surface area contributed by atoms with Crippen molar-refractivity contribution in [3.63, 3.8) is 0 Å². The first kappa shape index (κ1) is 90.5. The number of hydrogen-bond donors (Lipinski definition) is 0. The summed E-state index contributed by atoms with van der Waals surface area (Å²) in [6.45, 7) is 29.8. The molecule has 0 heterocycles. The van der Waals surface area contributed by atoms with Gasteiger partial charge in [0.15, 0.2) is 0 Å². The minimum Gasteiger partial charge on any atom is -0.0622 e. The van der Waals surface area contributed by atoms with Gasteiger partial charge in [0.25, 0.3) is 0 Å². The highest BCUT2D eigenvalue weighted by Crippen LogP contribution is 2.33. The Labute approximate surface area is 741 Å². The van der Waals surface area contributed by atoms with Crippen LogP contribution in [0.3, 0.4) is 0 Å². The zero-order chi connectivity index (χ0) is 87.4. The first-order valence-electron chi connectivity index (χ1n) is 43.2. The molecule has 0 unspecified atom stereocenters. The van der Waals surface area contributed by atoms with Crippen LogP contribution in [-0.4, -0.2) is 0 Å². The molecule has 0 nitrogen and oxygen atoms in total. The van der Waals surface area contributed by atoms with E-state index in [1.807, 2.05) is 42.5 Å². The van der Waals surface area contributed by atoms with Crippen molar-refractivity contribution in [2.24, 2.45) is 0 Å². The van der Waals surface area contributed by atoms with Gasteiger partial charge < -0.3 is 0 Å². The van der Waals surface area contributed by atoms with E-state index in [0.717, 1.165) is 0 Å². The predicted octanol–water partition coefficient (Wildman–Crippen LogP) is 35.1. The van der Waals surface area contributed by atoms with E-state index in [1.165, 1.54) is 188 Å². The maximum Gasteiger partial charge on any atom is -0.0105 e. The first-order valence-corrected chi connectivity index (χ1v) is 43.2. The number of aryl methyl sites for hydroxylation is 14. The van der Waals surface area contributed by atoms with Crippen LogP contribution in [0.4, 0.5) is 0 Å². The summed E-state index contributed by atoms with van der Waals surface area (Å²) in [5, 5.41) is 5.21. The quantitative estimate of drug-likeness (QED) is 0.142. The summed E-state index contributed by atoms with van der Waals surface area (Å²) in [5.41, 5.74) is 39.3. The zero-order valence-electron chi connectivity index (χ0n) is 74.9. The van der Waals surface area contributed by atoms with Crippen LogP contribution < -0.4 is 0 Å². The van der Waals surface area contributed by atoms with Gasteiger partial charge in [-0.25, -0.2) is 0 Å². The molecule has 0 atom stereocenters. The maximum atomic E-state index is 2.25. The van der Waals surface area contributed by atoms with Crippen molar-refractivity contribution < 1.29 is 0 Å². The van der Waals surface area contributed by atoms with Crippen LogP contribution in [-0.2, 0) is 0 Å². The Balaban J connectivity index is 0.000000137. The minimum atomic E-state index is 1.28. The fourth-order valence-corrected chi connectivity index (χ4v) is 14.8. The Morgan fingerprint density at radius 1 is 0.113 bits per heavy atom. The highest BCUT2D eigenvalue weighted by molar-refractivity contribution is 5.96. The zero-order valence-corrected chi connectivity index (χ0v) is 74.9. The van der Waals surface area contributed by atoms with Gasteiger partial charge in [-0.2, -0.15) is 0 Å². The van der Waals surface area contributed by atoms with Crippen LogP contribution in [0.15, 0.2) is 461 Å². The topological polar surface area (TPSA) is 0 Å². The van der Waals surface area contributed by atoms with Gasteiger partial charge in [0, 0.05) is 0 Å². The molecule has 0 aliphatic rings. The minimum absolute atomic E-state index is 1.28. The molecule has 124 heavy (non-hydrogen) atoms. The summed E-state index contributed by atoms with van der Waals surface area (Å²) < 4.78 is 0. The van der Waals surface area contributed by atoms with Gasteiger partial charge in [-0.15, -0.1) is 0 Å². The number of hydrogen-bond acceptors (Lipinski definition) is 0. The molecule has 0 N–H and O–H groups in total. The molecule has 0 spiro atoms. The van der Waals surface area contributed by atoms with Crippen LogP contribution in [0.2, 0.25) is 0 Å². The lowest BCUT2D eigenvalue weighted by Gasteiger charge is -2.11. The molecule has 614 valence electrons. The average Bonchev–Trinajstić information content (AvgIpc) is 0.810. The normalized spacial score (nSPS) is 10.2. The van der Waals surface area contributed by atoms with Crippen molar-refractivity contribution in [1.82, 2.24) is 0 Å². The van der Waals surface area contributed by atoms with Gasteiger partial charge in [0.1, 0.15) is 0 Å². The molecule has 0 heteroatoms. The van der Waals surface area contributed by atoms with E-state index in [9.17, 15) is 0 Å². The van der Waals surface area contributed by atoms with Crippen LogP contribution in [0, 0.1) is 96.9 Å². The lowest BCUT2D eigenvalue weighted by atomic mass is 9.93. The molecule has 0 amide bonds. The summed E-state index contributed by atoms with van der Waals surface area (Å²) in [6, 6.07) is 162. The number of fused-ring (bicyclic) bond motifs is 2. The largest absolute Gasteiger partial charge is 0.0622 e. The third kappa shape index (κ3) is 28.4. The van der Waals surface area contributed by atoms with Crippen LogP contribution in [0.25, 0.3) is 111 Å². The van der Waals surface area contributed by atoms with E-state index in [4.69, 9.17) is 0 Å². The van der Waals surface area contributed by atoms with E-state index in [2.05, 4.69) is 516 Å². The maximum absolute atomic E-state index is 2.25. The highest BCUT2D eigenvalue weighted by atomic mass is 14.1. The van der Waals surface area contributed by atoms with Crippen LogP contribution in [0.1, 0.15) is 77.9 Å². The van der Waals surface area contributed by atoms with E-state index in [0.29, 0.717) is 0 Å². The van der Waals surface area contributed by atoms with Crippen molar-refractivity contribution in [2.75, 3.05) is 0 Å². The molecule has 0 saturated carbocycles. The lowest BCUT2D eigenvalue weighted by Crippen LogP contribution is -1.90. The summed E-state index contributed by atoms with van der Waals surface area (Å²) in [6.07, 6.45) is 0. The first-order chi connectivity index (χ1) is 60.2. The average molecular weight is 1610 g/mol. The molecule has 0 radical (unpaired) electrons. The predicted molar refractivity (Wildman–Crippen MR) is 543 cm³/mol. The van der Waals surface area contributed by atoms with E-state index in [-0.39, 0.29) is 0 Å². The molecule has 0 aromatic heterocycles. The molecular formula is C124H118. The van der Waals surface area contributed by atoms with Crippen LogP contribution in [0.5, 0.6) is 0 Å². The molecule has 19 rings (SSSR count). The molecule has 0 fully saturated rings. The second-order valence-corrected chi connectivity index (χ2v) is 32.2. The summed E-state index contributed by atoms with van der Waals surface area (Å²) in [7, 11) is 0. The number of rotatable bonds is 8. The van der Waals surface area contributed by atoms with Crippen molar-refractivity contribution in [1.29, 1.82) is 0 Å². The summed E-state index contributed by atoms with van der Waals surface area (Å²) in [4.78, 5) is 0. The monoisotopic (exact) mass is 1610 g/mol. The van der Waals surface area contributed by atoms with Gasteiger partial charge >= 0.3 is 0 Å². The Morgan fingerprint density at radius 2 is 0.379 bits per heavy atom. The summed E-state index contributed by atoms with van der Waals surface area (Å²) >= 11 is 0. The molecule has 0 aliphatic carbocycles. The van der Waals surface area contributed by atoms with E-state index >= 15 is 0 Å². The fraction of sp³-hybridized carbons (Fsp3) is 0.113. The van der Waals surface area contributed by atoms with Crippen LogP contribution >= 0.6 is 0 Å². The second kappa shape index (κ2) is 47.1. The van der Waals surface area contributed by atoms with Crippen molar-refractivity contribution in [3.05, 3.63) is 539 Å². The van der Waals surface area contributed by atoms with E-state index in [1.54, 1.807) is 0 Å². The molecule has 0 saturated heterocycles. The van der Waals surface area contributed by atoms with Gasteiger partial charge in [-0.3, -0.25) is 0 Å². The third-order valence-corrected chi connectivity index (χ3v) is 21.5. The second-order valence-electron chi connectivity index (χ2n) is 32.2. The van der Waals surface area contributed by atoms with Gasteiger partial charge in [0.05, 0.1) is 0 Å². The number of benzene rings is 19. The summed E-state index contributed by atoms with van der Waals surface area (Å²) in [5.74, 6) is 0. The molecule has 19 aromatic rings. The third-order valence-electron chi connectivity index (χ3n) is 21.5. The highest BCUT2D eigenvalue weighted by Gasteiger charge is 2.09. The smallest absolute Gasteiger partial charge is 0.0105 e.